The molecule has 0 aliphatic heterocycles. The van der Waals surface area contributed by atoms with E-state index in [1.54, 1.807) is 0 Å². The molecule has 0 spiro atoms. The molecule has 9 heteroatoms. The summed E-state index contributed by atoms with van der Waals surface area (Å²) in [7, 11) is 0. The molecule has 0 atom stereocenters. The number of carboxylic acid groups (broad SMARTS) is 2. The number of hydrogen-bond donors (Lipinski definition) is 0. The maximum Gasteiger partial charge on any atom is 1.00 e. The summed E-state index contributed by atoms with van der Waals surface area (Å²) in [5.74, 6) is 0. The van der Waals surface area contributed by atoms with Crippen LogP contribution in [0, 0.1) is 0 Å². The summed E-state index contributed by atoms with van der Waals surface area (Å²) in [6.45, 7) is 0. The first kappa shape index (κ1) is 19.5. The third kappa shape index (κ3) is 14.4. The second-order valence-corrected chi connectivity index (χ2v) is 0.954. The molecule has 0 radical (unpaired) electrons. The first-order chi connectivity index (χ1) is 4.52. The molecule has 0 unspecified atom stereocenters. The molecule has 7 nitrogen and oxygen atoms in total. The predicted octanol–water partition coefficient (Wildman–Crippen LogP) is -8.17. The van der Waals surface area contributed by atoms with E-state index in [0.717, 1.165) is 0 Å². The second kappa shape index (κ2) is 11.0. The molecule has 0 heterocycles. The molecule has 0 amide bonds. The number of ether oxygens (including phenoxy) is 2. The summed E-state index contributed by atoms with van der Waals surface area (Å²) in [6, 6.07) is 0. The van der Waals surface area contributed by atoms with Gasteiger partial charge in [0.2, 0.25) is 0 Å². The van der Waals surface area contributed by atoms with Gasteiger partial charge in [0.05, 0.1) is 0 Å². The molecular weight excluding hydrogens is 320 g/mol. The van der Waals surface area contributed by atoms with Crippen LogP contribution in [0.5, 0.6) is 0 Å². The quantitative estimate of drug-likeness (QED) is 0.247. The van der Waals surface area contributed by atoms with Crippen molar-refractivity contribution in [1.82, 2.24) is 0 Å². The third-order valence-electron chi connectivity index (χ3n) is 0.333. The zero-order chi connectivity index (χ0) is 8.15. The summed E-state index contributed by atoms with van der Waals surface area (Å²) in [6.07, 6.45) is -6.32. The average Bonchev–Trinajstić information content (AvgIpc) is 1.58. The van der Waals surface area contributed by atoms with E-state index in [9.17, 15) is 24.6 Å². The Morgan fingerprint density at radius 3 is 1.33 bits per heavy atom. The average molecular weight is 320 g/mol. The van der Waals surface area contributed by atoms with E-state index in [-0.39, 0.29) is 120 Å². The van der Waals surface area contributed by atoms with Gasteiger partial charge in [-0.2, -0.15) is 0 Å². The Morgan fingerprint density at radius 2 is 1.17 bits per heavy atom. The van der Waals surface area contributed by atoms with Gasteiger partial charge in [-0.05, 0) is 0 Å². The van der Waals surface area contributed by atoms with Crippen molar-refractivity contribution < 1.29 is 154 Å². The Labute approximate surface area is 168 Å². The van der Waals surface area contributed by atoms with Gasteiger partial charge >= 0.3 is 126 Å². The van der Waals surface area contributed by atoms with Crippen molar-refractivity contribution in [1.29, 1.82) is 0 Å². The van der Waals surface area contributed by atoms with Crippen molar-refractivity contribution in [3.63, 3.8) is 0 Å². The van der Waals surface area contributed by atoms with Crippen LogP contribution in [-0.2, 0) is 9.47 Å². The Kier molecular flexibility index (Phi) is 17.8. The van der Waals surface area contributed by atoms with Crippen molar-refractivity contribution in [2.75, 3.05) is 0 Å². The molecule has 0 aliphatic carbocycles. The summed E-state index contributed by atoms with van der Waals surface area (Å²) < 4.78 is 6.17. The summed E-state index contributed by atoms with van der Waals surface area (Å²) in [5.41, 5.74) is 0. The Hall–Kier alpha value is 1.90. The van der Waals surface area contributed by atoms with Crippen LogP contribution in [0.25, 0.3) is 0 Å². The van der Waals surface area contributed by atoms with Crippen LogP contribution in [0.1, 0.15) is 0 Å². The summed E-state index contributed by atoms with van der Waals surface area (Å²) in [4.78, 5) is 28.5. The van der Waals surface area contributed by atoms with Crippen LogP contribution in [0.15, 0.2) is 0 Å². The van der Waals surface area contributed by atoms with Gasteiger partial charge in [-0.1, -0.05) is 0 Å². The molecule has 0 N–H and O–H groups in total. The minimum Gasteiger partial charge on any atom is -0.467 e. The van der Waals surface area contributed by atoms with Crippen molar-refractivity contribution in [2.24, 2.45) is 0 Å². The van der Waals surface area contributed by atoms with Crippen LogP contribution >= 0.6 is 0 Å². The molecule has 0 saturated heterocycles. The van der Waals surface area contributed by atoms with Crippen LogP contribution in [0.3, 0.4) is 0 Å². The van der Waals surface area contributed by atoms with Crippen molar-refractivity contribution in [3.8, 4) is 0 Å². The van der Waals surface area contributed by atoms with Gasteiger partial charge in [-0.15, -0.1) is 0 Å². The molecule has 0 aromatic carbocycles. The van der Waals surface area contributed by atoms with Gasteiger partial charge < -0.3 is 29.3 Å². The Balaban J connectivity index is -0.000000405. The van der Waals surface area contributed by atoms with Gasteiger partial charge in [0.25, 0.3) is 12.3 Å². The first-order valence-electron chi connectivity index (χ1n) is 1.84. The molecule has 0 fully saturated rings. The molecule has 0 saturated carbocycles. The minimum atomic E-state index is -2.20. The number of carbonyl (C=O) groups excluding carboxylic acids is 3. The van der Waals surface area contributed by atoms with E-state index < -0.39 is 18.5 Å². The topological polar surface area (TPSA) is 116 Å². The minimum absolute atomic E-state index is 0. The van der Waals surface area contributed by atoms with Gasteiger partial charge in [-0.25, -0.2) is 4.79 Å². The van der Waals surface area contributed by atoms with Crippen LogP contribution in [0.2, 0.25) is 0 Å². The van der Waals surface area contributed by atoms with E-state index in [2.05, 4.69) is 9.47 Å². The fourth-order valence-electron chi connectivity index (χ4n) is 0.157. The monoisotopic (exact) mass is 320 g/mol. The molecular formula is C3CsKO7. The van der Waals surface area contributed by atoms with E-state index in [4.69, 9.17) is 0 Å². The van der Waals surface area contributed by atoms with Crippen molar-refractivity contribution >= 4 is 18.5 Å². The summed E-state index contributed by atoms with van der Waals surface area (Å²) >= 11 is 0. The van der Waals surface area contributed by atoms with E-state index in [0.29, 0.717) is 0 Å². The summed E-state index contributed by atoms with van der Waals surface area (Å²) in [5, 5.41) is 18.7. The Bertz CT molecular complexity index is 161. The van der Waals surface area contributed by atoms with Crippen molar-refractivity contribution in [3.05, 3.63) is 0 Å². The normalized spacial score (nSPS) is 6.67. The molecule has 56 valence electrons. The van der Waals surface area contributed by atoms with Gasteiger partial charge in [-0.3, -0.25) is 0 Å². The third-order valence-corrected chi connectivity index (χ3v) is 0.333. The first-order valence-corrected chi connectivity index (χ1v) is 1.84. The van der Waals surface area contributed by atoms with E-state index in [1.807, 2.05) is 0 Å². The maximum atomic E-state index is 9.78. The van der Waals surface area contributed by atoms with Gasteiger partial charge in [0.1, 0.15) is 0 Å². The van der Waals surface area contributed by atoms with Crippen molar-refractivity contribution in [2.45, 2.75) is 0 Å². The molecule has 0 bridgehead atoms. The smallest absolute Gasteiger partial charge is 0.467 e. The fourth-order valence-corrected chi connectivity index (χ4v) is 0.157. The Morgan fingerprint density at radius 1 is 0.917 bits per heavy atom. The number of hydrogen-bond acceptors (Lipinski definition) is 7. The zero-order valence-electron chi connectivity index (χ0n) is 6.36. The maximum absolute atomic E-state index is 9.78. The zero-order valence-corrected chi connectivity index (χ0v) is 15.8. The fraction of sp³-hybridized carbons (Fsp3) is 0. The second-order valence-electron chi connectivity index (χ2n) is 0.954. The van der Waals surface area contributed by atoms with Crippen LogP contribution < -0.4 is 130 Å². The largest absolute Gasteiger partial charge is 1.00 e. The number of rotatable bonds is 0. The van der Waals surface area contributed by atoms with E-state index in [1.165, 1.54) is 0 Å². The molecule has 0 rings (SSSR count). The molecule has 0 aromatic heterocycles. The molecule has 0 aromatic rings. The standard InChI is InChI=1S/C3H2O7.Cs.K/c4-1(5)9-3(8)10-2(6)7;;/h(H,4,5)(H,6,7);;/q;2*+1/p-2. The number of carbonyl (C=O) groups is 3. The van der Waals surface area contributed by atoms with Gasteiger partial charge in [0, 0.05) is 0 Å². The van der Waals surface area contributed by atoms with Gasteiger partial charge in [0.15, 0.2) is 0 Å². The van der Waals surface area contributed by atoms with E-state index >= 15 is 0 Å². The molecule has 12 heavy (non-hydrogen) atoms. The molecule has 0 aliphatic rings. The van der Waals surface area contributed by atoms with Crippen LogP contribution in [0.4, 0.5) is 14.4 Å². The SMILES string of the molecule is O=C([O-])OC(=O)OC(=O)[O-].[Cs+].[K+]. The van der Waals surface area contributed by atoms with Crippen LogP contribution in [-0.4, -0.2) is 18.5 Å². The predicted molar refractivity (Wildman–Crippen MR) is 18.4 cm³/mol.